The van der Waals surface area contributed by atoms with Gasteiger partial charge in [-0.25, -0.2) is 0 Å². The molecule has 1 aromatic carbocycles. The lowest BCUT2D eigenvalue weighted by Gasteiger charge is -2.26. The minimum absolute atomic E-state index is 0.0292. The highest BCUT2D eigenvalue weighted by Crippen LogP contribution is 2.29. The molecule has 3 amide bonds. The van der Waals surface area contributed by atoms with Crippen LogP contribution in [-0.4, -0.2) is 95.2 Å². The number of Topliss-reactive ketones (excluding diaryl/α,β-unsaturated/α-hetero) is 1. The van der Waals surface area contributed by atoms with Crippen molar-refractivity contribution >= 4 is 23.5 Å². The number of benzene rings is 1. The zero-order chi connectivity index (χ0) is 34.1. The minimum Gasteiger partial charge on any atom is -0.379 e. The third-order valence-corrected chi connectivity index (χ3v) is 8.39. The van der Waals surface area contributed by atoms with Crippen LogP contribution in [0.3, 0.4) is 0 Å². The molecule has 13 nitrogen and oxygen atoms in total. The van der Waals surface area contributed by atoms with E-state index in [1.54, 1.807) is 37.4 Å². The number of rotatable bonds is 16. The van der Waals surface area contributed by atoms with E-state index < -0.39 is 41.4 Å². The average Bonchev–Trinajstić information content (AvgIpc) is 3.66. The van der Waals surface area contributed by atoms with Crippen molar-refractivity contribution in [2.45, 2.75) is 70.3 Å². The number of hydrogen-bond donors (Lipinski definition) is 3. The van der Waals surface area contributed by atoms with Crippen molar-refractivity contribution in [2.75, 3.05) is 32.9 Å². The number of epoxide rings is 1. The molecule has 0 saturated carbocycles. The summed E-state index contributed by atoms with van der Waals surface area (Å²) >= 11 is 0. The fourth-order valence-electron chi connectivity index (χ4n) is 5.57. The van der Waals surface area contributed by atoms with Gasteiger partial charge in [0.2, 0.25) is 11.8 Å². The van der Waals surface area contributed by atoms with Gasteiger partial charge in [0.1, 0.15) is 17.7 Å². The monoisotopic (exact) mass is 660 g/mol. The van der Waals surface area contributed by atoms with Crippen molar-refractivity contribution in [2.24, 2.45) is 5.92 Å². The Bertz CT molecular complexity index is 1540. The first kappa shape index (κ1) is 34.9. The number of aromatic nitrogens is 2. The van der Waals surface area contributed by atoms with Gasteiger partial charge in [0.15, 0.2) is 17.2 Å². The molecule has 1 unspecified atom stereocenters. The quantitative estimate of drug-likeness (QED) is 0.193. The fraction of sp³-hybridized carbons (Fsp3) is 0.486. The van der Waals surface area contributed by atoms with Crippen LogP contribution in [-0.2, 0) is 43.2 Å². The number of carbonyl (C=O) groups is 4. The summed E-state index contributed by atoms with van der Waals surface area (Å²) < 4.78 is 16.2. The molecule has 2 saturated heterocycles. The molecule has 2 fully saturated rings. The predicted octanol–water partition coefficient (Wildman–Crippen LogP) is 1.86. The maximum absolute atomic E-state index is 14.0. The Morgan fingerprint density at radius 2 is 1.56 bits per heavy atom. The maximum atomic E-state index is 14.0. The van der Waals surface area contributed by atoms with E-state index in [0.717, 1.165) is 18.7 Å². The number of pyridine rings is 1. The molecule has 4 heterocycles. The molecule has 2 aromatic heterocycles. The molecule has 13 heteroatoms. The van der Waals surface area contributed by atoms with E-state index in [1.807, 2.05) is 44.2 Å². The lowest BCUT2D eigenvalue weighted by molar-refractivity contribution is -0.133. The van der Waals surface area contributed by atoms with Crippen LogP contribution in [0.2, 0.25) is 0 Å². The second-order valence-electron chi connectivity index (χ2n) is 12.9. The summed E-state index contributed by atoms with van der Waals surface area (Å²) in [6.45, 7) is 9.16. The number of amides is 3. The zero-order valence-electron chi connectivity index (χ0n) is 27.6. The lowest BCUT2D eigenvalue weighted by atomic mass is 9.93. The van der Waals surface area contributed by atoms with Crippen LogP contribution in [0.15, 0.2) is 65.3 Å². The van der Waals surface area contributed by atoms with Crippen LogP contribution < -0.4 is 16.0 Å². The molecule has 2 aliphatic heterocycles. The van der Waals surface area contributed by atoms with Gasteiger partial charge in [-0.05, 0) is 37.0 Å². The minimum atomic E-state index is -1.11. The summed E-state index contributed by atoms with van der Waals surface area (Å²) in [5.74, 6) is -1.27. The van der Waals surface area contributed by atoms with E-state index in [0.29, 0.717) is 44.2 Å². The highest BCUT2D eigenvalue weighted by Gasteiger charge is 2.50. The maximum Gasteiger partial charge on any atom is 0.274 e. The predicted molar refractivity (Wildman–Crippen MR) is 175 cm³/mol. The standard InChI is InChI=1S/C35H44N6O7/c1-23(2)17-27(31(42)35(3)22-47-35)37-32(43)28(18-24-9-5-4-6-10-24)38-33(44)29(19-25-11-7-8-12-36-25)39-34(45)30-20-26(48-40-30)21-41-13-15-46-16-14-41/h4-12,20,23,27-29H,13-19,21-22H2,1-3H3,(H,37,43)(H,38,44)(H,39,45)/t27-,28-,29-,35?/m0/s1. The van der Waals surface area contributed by atoms with Gasteiger partial charge >= 0.3 is 0 Å². The van der Waals surface area contributed by atoms with Gasteiger partial charge in [0.05, 0.1) is 32.4 Å². The molecule has 0 aliphatic carbocycles. The first-order valence-corrected chi connectivity index (χ1v) is 16.4. The normalized spacial score (nSPS) is 19.6. The SMILES string of the molecule is CC(C)C[C@H](NC(=O)[C@H](Cc1ccccc1)NC(=O)[C@H](Cc1ccccn1)NC(=O)c1cc(CN2CCOCC2)on1)C(=O)C1(C)CO1. The van der Waals surface area contributed by atoms with Gasteiger partial charge in [-0.3, -0.25) is 29.1 Å². The van der Waals surface area contributed by atoms with Crippen LogP contribution in [0.1, 0.15) is 54.7 Å². The molecule has 48 heavy (non-hydrogen) atoms. The van der Waals surface area contributed by atoms with Gasteiger partial charge < -0.3 is 29.9 Å². The van der Waals surface area contributed by atoms with Crippen molar-refractivity contribution < 1.29 is 33.2 Å². The third kappa shape index (κ3) is 9.78. The number of morpholine rings is 1. The van der Waals surface area contributed by atoms with Crippen LogP contribution in [0.5, 0.6) is 0 Å². The molecule has 3 N–H and O–H groups in total. The van der Waals surface area contributed by atoms with E-state index in [9.17, 15) is 19.2 Å². The second-order valence-corrected chi connectivity index (χ2v) is 12.9. The number of nitrogens with one attached hydrogen (secondary N) is 3. The number of nitrogens with zero attached hydrogens (tertiary/aromatic N) is 3. The molecule has 5 rings (SSSR count). The number of carbonyl (C=O) groups excluding carboxylic acids is 4. The summed E-state index contributed by atoms with van der Waals surface area (Å²) in [4.78, 5) is 61.0. The van der Waals surface area contributed by atoms with E-state index in [-0.39, 0.29) is 30.2 Å². The Labute approximate surface area is 280 Å². The fourth-order valence-corrected chi connectivity index (χ4v) is 5.57. The largest absolute Gasteiger partial charge is 0.379 e. The van der Waals surface area contributed by atoms with Gasteiger partial charge in [-0.1, -0.05) is 55.4 Å². The summed E-state index contributed by atoms with van der Waals surface area (Å²) in [6, 6.07) is 13.2. The molecule has 0 radical (unpaired) electrons. The van der Waals surface area contributed by atoms with Crippen molar-refractivity contribution in [3.05, 3.63) is 83.5 Å². The molecule has 4 atom stereocenters. The molecule has 0 spiro atoms. The Kier molecular flexibility index (Phi) is 11.7. The average molecular weight is 661 g/mol. The van der Waals surface area contributed by atoms with Crippen LogP contribution in [0.25, 0.3) is 0 Å². The topological polar surface area (TPSA) is 168 Å². The number of ether oxygens (including phenoxy) is 2. The molecular weight excluding hydrogens is 616 g/mol. The highest BCUT2D eigenvalue weighted by atomic mass is 16.6. The smallest absolute Gasteiger partial charge is 0.274 e. The second kappa shape index (κ2) is 16.1. The summed E-state index contributed by atoms with van der Waals surface area (Å²) in [5.41, 5.74) is 0.478. The van der Waals surface area contributed by atoms with Crippen molar-refractivity contribution in [3.8, 4) is 0 Å². The Morgan fingerprint density at radius 1 is 0.896 bits per heavy atom. The molecule has 2 aliphatic rings. The van der Waals surface area contributed by atoms with Crippen molar-refractivity contribution in [1.29, 1.82) is 0 Å². The Balaban J connectivity index is 1.33. The Morgan fingerprint density at radius 3 is 2.21 bits per heavy atom. The first-order valence-electron chi connectivity index (χ1n) is 16.4. The molecule has 256 valence electrons. The number of hydrogen-bond acceptors (Lipinski definition) is 10. The zero-order valence-corrected chi connectivity index (χ0v) is 27.6. The van der Waals surface area contributed by atoms with Crippen molar-refractivity contribution in [3.63, 3.8) is 0 Å². The Hall–Kier alpha value is -4.46. The first-order chi connectivity index (χ1) is 23.1. The summed E-state index contributed by atoms with van der Waals surface area (Å²) in [6.07, 6.45) is 2.23. The third-order valence-electron chi connectivity index (χ3n) is 8.39. The van der Waals surface area contributed by atoms with Gasteiger partial charge in [-0.15, -0.1) is 0 Å². The van der Waals surface area contributed by atoms with E-state index in [2.05, 4.69) is 31.0 Å². The van der Waals surface area contributed by atoms with Gasteiger partial charge in [0, 0.05) is 43.9 Å². The van der Waals surface area contributed by atoms with Crippen LogP contribution in [0.4, 0.5) is 0 Å². The molecule has 3 aromatic rings. The van der Waals surface area contributed by atoms with Crippen molar-refractivity contribution in [1.82, 2.24) is 31.0 Å². The highest BCUT2D eigenvalue weighted by molar-refractivity contribution is 5.99. The van der Waals surface area contributed by atoms with E-state index in [1.165, 1.54) is 0 Å². The van der Waals surface area contributed by atoms with Gasteiger partial charge in [0.25, 0.3) is 5.91 Å². The van der Waals surface area contributed by atoms with Gasteiger partial charge in [-0.2, -0.15) is 0 Å². The van der Waals surface area contributed by atoms with E-state index >= 15 is 0 Å². The molecule has 0 bridgehead atoms. The molecular formula is C35H44N6O7. The summed E-state index contributed by atoms with van der Waals surface area (Å²) in [7, 11) is 0. The number of ketones is 1. The lowest BCUT2D eigenvalue weighted by Crippen LogP contribution is -2.57. The van der Waals surface area contributed by atoms with Crippen LogP contribution >= 0.6 is 0 Å². The van der Waals surface area contributed by atoms with E-state index in [4.69, 9.17) is 14.0 Å². The summed E-state index contributed by atoms with van der Waals surface area (Å²) in [5, 5.41) is 12.5. The van der Waals surface area contributed by atoms with Crippen LogP contribution in [0, 0.1) is 5.92 Å².